The van der Waals surface area contributed by atoms with E-state index in [-0.39, 0.29) is 11.9 Å². The quantitative estimate of drug-likeness (QED) is 0.847. The van der Waals surface area contributed by atoms with Gasteiger partial charge in [0.25, 0.3) is 5.91 Å². The molecule has 1 saturated heterocycles. The van der Waals surface area contributed by atoms with Crippen molar-refractivity contribution in [1.82, 2.24) is 14.7 Å². The number of carbonyl (C=O) groups excluding carboxylic acids is 1. The van der Waals surface area contributed by atoms with Gasteiger partial charge >= 0.3 is 0 Å². The molecule has 1 amide bonds. The predicted molar refractivity (Wildman–Crippen MR) is 77.4 cm³/mol. The normalized spacial score (nSPS) is 17.7. The monoisotopic (exact) mass is 280 g/mol. The van der Waals surface area contributed by atoms with Crippen LogP contribution in [-0.4, -0.2) is 27.1 Å². The molecule has 2 heterocycles. The van der Waals surface area contributed by atoms with Gasteiger partial charge in [0.05, 0.1) is 23.9 Å². The van der Waals surface area contributed by atoms with Crippen LogP contribution in [0.4, 0.5) is 0 Å². The van der Waals surface area contributed by atoms with Gasteiger partial charge in [0, 0.05) is 30.9 Å². The maximum Gasteiger partial charge on any atom is 0.254 e. The fourth-order valence-electron chi connectivity index (χ4n) is 2.82. The van der Waals surface area contributed by atoms with Crippen molar-refractivity contribution in [1.29, 1.82) is 5.26 Å². The van der Waals surface area contributed by atoms with Crippen molar-refractivity contribution in [2.75, 3.05) is 6.54 Å². The lowest BCUT2D eigenvalue weighted by Crippen LogP contribution is -2.30. The van der Waals surface area contributed by atoms with Gasteiger partial charge < -0.3 is 4.90 Å². The lowest BCUT2D eigenvalue weighted by molar-refractivity contribution is 0.0735. The van der Waals surface area contributed by atoms with Crippen LogP contribution in [0.1, 0.15) is 40.4 Å². The summed E-state index contributed by atoms with van der Waals surface area (Å²) >= 11 is 0. The summed E-state index contributed by atoms with van der Waals surface area (Å²) in [7, 11) is 1.88. The van der Waals surface area contributed by atoms with Gasteiger partial charge in [0.1, 0.15) is 0 Å². The van der Waals surface area contributed by atoms with E-state index >= 15 is 0 Å². The van der Waals surface area contributed by atoms with Gasteiger partial charge in [0.15, 0.2) is 0 Å². The van der Waals surface area contributed by atoms with E-state index in [9.17, 15) is 4.79 Å². The number of nitrogens with zero attached hydrogens (tertiary/aromatic N) is 4. The molecule has 0 aliphatic carbocycles. The van der Waals surface area contributed by atoms with Gasteiger partial charge in [-0.05, 0) is 37.1 Å². The molecule has 2 aromatic rings. The molecule has 1 aromatic carbocycles. The maximum absolute atomic E-state index is 12.7. The van der Waals surface area contributed by atoms with Crippen LogP contribution in [0.15, 0.2) is 36.7 Å². The number of hydrogen-bond donors (Lipinski definition) is 0. The van der Waals surface area contributed by atoms with Gasteiger partial charge in [-0.3, -0.25) is 9.48 Å². The molecule has 3 rings (SSSR count). The zero-order valence-corrected chi connectivity index (χ0v) is 11.9. The molecule has 1 unspecified atom stereocenters. The zero-order valence-electron chi connectivity index (χ0n) is 11.9. The van der Waals surface area contributed by atoms with Crippen LogP contribution < -0.4 is 0 Å². The predicted octanol–water partition coefficient (Wildman–Crippen LogP) is 2.27. The Morgan fingerprint density at radius 3 is 2.76 bits per heavy atom. The Morgan fingerprint density at radius 2 is 2.14 bits per heavy atom. The third kappa shape index (κ3) is 2.52. The van der Waals surface area contributed by atoms with Gasteiger partial charge in [-0.25, -0.2) is 0 Å². The van der Waals surface area contributed by atoms with Crippen molar-refractivity contribution in [3.05, 3.63) is 53.3 Å². The van der Waals surface area contributed by atoms with E-state index in [2.05, 4.69) is 11.2 Å². The van der Waals surface area contributed by atoms with Crippen LogP contribution in [0.5, 0.6) is 0 Å². The highest BCUT2D eigenvalue weighted by Crippen LogP contribution is 2.32. The molecule has 1 aromatic heterocycles. The second-order valence-electron chi connectivity index (χ2n) is 5.29. The van der Waals surface area contributed by atoms with Crippen LogP contribution in [0.25, 0.3) is 0 Å². The first-order chi connectivity index (χ1) is 10.2. The van der Waals surface area contributed by atoms with Crippen molar-refractivity contribution in [2.24, 2.45) is 7.05 Å². The summed E-state index contributed by atoms with van der Waals surface area (Å²) in [5.41, 5.74) is 2.28. The molecule has 0 bridgehead atoms. The summed E-state index contributed by atoms with van der Waals surface area (Å²) in [4.78, 5) is 14.6. The molecular weight excluding hydrogens is 264 g/mol. The third-order valence-corrected chi connectivity index (χ3v) is 3.88. The minimum absolute atomic E-state index is 0.0193. The van der Waals surface area contributed by atoms with E-state index in [0.29, 0.717) is 11.1 Å². The molecule has 21 heavy (non-hydrogen) atoms. The number of nitriles is 1. The fraction of sp³-hybridized carbons (Fsp3) is 0.312. The molecule has 0 spiro atoms. The smallest absolute Gasteiger partial charge is 0.254 e. The van der Waals surface area contributed by atoms with Crippen LogP contribution in [0.3, 0.4) is 0 Å². The Labute approximate surface area is 123 Å². The van der Waals surface area contributed by atoms with Crippen molar-refractivity contribution < 1.29 is 4.79 Å². The fourth-order valence-corrected chi connectivity index (χ4v) is 2.82. The molecule has 0 radical (unpaired) electrons. The highest BCUT2D eigenvalue weighted by molar-refractivity contribution is 5.94. The van der Waals surface area contributed by atoms with E-state index in [1.165, 1.54) is 0 Å². The van der Waals surface area contributed by atoms with Crippen LogP contribution in [0.2, 0.25) is 0 Å². The average molecular weight is 280 g/mol. The summed E-state index contributed by atoms with van der Waals surface area (Å²) in [6.45, 7) is 0.762. The summed E-state index contributed by atoms with van der Waals surface area (Å²) in [5, 5.41) is 13.0. The number of likely N-dealkylation sites (tertiary alicyclic amines) is 1. The van der Waals surface area contributed by atoms with Crippen LogP contribution in [0, 0.1) is 11.3 Å². The number of aromatic nitrogens is 2. The molecule has 1 aliphatic heterocycles. The first kappa shape index (κ1) is 13.4. The Morgan fingerprint density at radius 1 is 1.38 bits per heavy atom. The molecular formula is C16H16N4O. The number of aryl methyl sites for hydroxylation is 1. The standard InChI is InChI=1S/C16H16N4O/c1-19-11-14(10-18-19)15-3-2-8-20(15)16(21)13-6-4-12(9-17)5-7-13/h4-7,10-11,15H,2-3,8H2,1H3. The Hall–Kier alpha value is -2.61. The van der Waals surface area contributed by atoms with Gasteiger partial charge in [0.2, 0.25) is 0 Å². The highest BCUT2D eigenvalue weighted by Gasteiger charge is 2.31. The van der Waals surface area contributed by atoms with E-state index in [1.807, 2.05) is 24.3 Å². The second-order valence-corrected chi connectivity index (χ2v) is 5.29. The Balaban J connectivity index is 1.84. The van der Waals surface area contributed by atoms with E-state index in [0.717, 1.165) is 24.9 Å². The van der Waals surface area contributed by atoms with Crippen molar-refractivity contribution in [3.8, 4) is 6.07 Å². The first-order valence-electron chi connectivity index (χ1n) is 6.99. The maximum atomic E-state index is 12.7. The van der Waals surface area contributed by atoms with Gasteiger partial charge in [-0.15, -0.1) is 0 Å². The lowest BCUT2D eigenvalue weighted by atomic mass is 10.1. The number of hydrogen-bond acceptors (Lipinski definition) is 3. The third-order valence-electron chi connectivity index (χ3n) is 3.88. The summed E-state index contributed by atoms with van der Waals surface area (Å²) in [6.07, 6.45) is 5.76. The Bertz CT molecular complexity index is 696. The first-order valence-corrected chi connectivity index (χ1v) is 6.99. The minimum atomic E-state index is 0.0193. The number of benzene rings is 1. The topological polar surface area (TPSA) is 61.9 Å². The van der Waals surface area contributed by atoms with Crippen LogP contribution >= 0.6 is 0 Å². The molecule has 0 N–H and O–H groups in total. The summed E-state index contributed by atoms with van der Waals surface area (Å²) in [6, 6.07) is 8.97. The largest absolute Gasteiger partial charge is 0.331 e. The van der Waals surface area contributed by atoms with E-state index in [1.54, 1.807) is 28.9 Å². The van der Waals surface area contributed by atoms with E-state index in [4.69, 9.17) is 5.26 Å². The average Bonchev–Trinajstić information content (AvgIpc) is 3.15. The molecule has 106 valence electrons. The van der Waals surface area contributed by atoms with Crippen molar-refractivity contribution in [3.63, 3.8) is 0 Å². The summed E-state index contributed by atoms with van der Waals surface area (Å²) in [5.74, 6) is 0.0193. The van der Waals surface area contributed by atoms with E-state index < -0.39 is 0 Å². The molecule has 5 nitrogen and oxygen atoms in total. The van der Waals surface area contributed by atoms with Crippen molar-refractivity contribution >= 4 is 5.91 Å². The summed E-state index contributed by atoms with van der Waals surface area (Å²) < 4.78 is 1.76. The molecule has 5 heteroatoms. The molecule has 1 atom stereocenters. The number of carbonyl (C=O) groups is 1. The Kier molecular flexibility index (Phi) is 3.44. The minimum Gasteiger partial charge on any atom is -0.331 e. The lowest BCUT2D eigenvalue weighted by Gasteiger charge is -2.24. The molecule has 1 aliphatic rings. The van der Waals surface area contributed by atoms with Crippen LogP contribution in [-0.2, 0) is 7.05 Å². The SMILES string of the molecule is Cn1cc(C2CCCN2C(=O)c2ccc(C#N)cc2)cn1. The molecule has 0 saturated carbocycles. The number of amides is 1. The second kappa shape index (κ2) is 5.41. The van der Waals surface area contributed by atoms with Gasteiger partial charge in [-0.2, -0.15) is 10.4 Å². The molecule has 1 fully saturated rings. The van der Waals surface area contributed by atoms with Crippen molar-refractivity contribution in [2.45, 2.75) is 18.9 Å². The zero-order chi connectivity index (χ0) is 14.8. The number of rotatable bonds is 2. The van der Waals surface area contributed by atoms with Gasteiger partial charge in [-0.1, -0.05) is 0 Å². The highest BCUT2D eigenvalue weighted by atomic mass is 16.2.